The van der Waals surface area contributed by atoms with Crippen LogP contribution in [0.25, 0.3) is 0 Å². The zero-order chi connectivity index (χ0) is 21.9. The summed E-state index contributed by atoms with van der Waals surface area (Å²) in [5.74, 6) is -0.606. The highest BCUT2D eigenvalue weighted by Gasteiger charge is 2.21. The molecule has 1 saturated heterocycles. The van der Waals surface area contributed by atoms with Crippen LogP contribution < -0.4 is 5.32 Å². The van der Waals surface area contributed by atoms with E-state index in [1.807, 2.05) is 4.90 Å². The molecule has 0 atom stereocenters. The van der Waals surface area contributed by atoms with Crippen LogP contribution in [0.1, 0.15) is 5.56 Å². The molecule has 162 valence electrons. The molecule has 1 amide bonds. The monoisotopic (exact) mass is 473 g/mol. The van der Waals surface area contributed by atoms with Crippen molar-refractivity contribution in [3.63, 3.8) is 0 Å². The molecule has 0 unspecified atom stereocenters. The maximum atomic E-state index is 14.0. The van der Waals surface area contributed by atoms with E-state index in [1.54, 1.807) is 12.1 Å². The third-order valence-electron chi connectivity index (χ3n) is 4.92. The van der Waals surface area contributed by atoms with E-state index in [9.17, 15) is 17.6 Å². The van der Waals surface area contributed by atoms with Crippen molar-refractivity contribution in [2.75, 3.05) is 44.3 Å². The number of anilines is 1. The van der Waals surface area contributed by atoms with Gasteiger partial charge in [0.1, 0.15) is 5.82 Å². The van der Waals surface area contributed by atoms with Gasteiger partial charge in [0.15, 0.2) is 9.84 Å². The molecule has 0 saturated carbocycles. The molecule has 1 fully saturated rings. The molecule has 1 aliphatic heterocycles. The van der Waals surface area contributed by atoms with E-state index in [0.29, 0.717) is 43.3 Å². The van der Waals surface area contributed by atoms with Crippen molar-refractivity contribution in [3.05, 3.63) is 57.8 Å². The zero-order valence-electron chi connectivity index (χ0n) is 16.4. The van der Waals surface area contributed by atoms with Gasteiger partial charge >= 0.3 is 0 Å². The quantitative estimate of drug-likeness (QED) is 0.696. The molecule has 2 aromatic carbocycles. The second-order valence-electron chi connectivity index (χ2n) is 7.21. The number of carbonyl (C=O) groups is 1. The van der Waals surface area contributed by atoms with Gasteiger partial charge in [-0.1, -0.05) is 29.3 Å². The Balaban J connectivity index is 1.53. The Morgan fingerprint density at radius 3 is 2.37 bits per heavy atom. The fraction of sp³-hybridized carbons (Fsp3) is 0.350. The first-order chi connectivity index (χ1) is 14.1. The summed E-state index contributed by atoms with van der Waals surface area (Å²) < 4.78 is 37.4. The van der Waals surface area contributed by atoms with Gasteiger partial charge in [-0.2, -0.15) is 0 Å². The minimum absolute atomic E-state index is 0.0858. The van der Waals surface area contributed by atoms with E-state index in [2.05, 4.69) is 10.2 Å². The largest absolute Gasteiger partial charge is 0.324 e. The number of piperazine rings is 1. The van der Waals surface area contributed by atoms with Gasteiger partial charge in [0.2, 0.25) is 5.91 Å². The summed E-state index contributed by atoms with van der Waals surface area (Å²) >= 11 is 12.2. The number of amides is 1. The highest BCUT2D eigenvalue weighted by Crippen LogP contribution is 2.25. The number of hydrogen-bond acceptors (Lipinski definition) is 5. The van der Waals surface area contributed by atoms with Crippen LogP contribution in [0, 0.1) is 5.82 Å². The average molecular weight is 474 g/mol. The normalized spacial score (nSPS) is 15.9. The number of halogens is 3. The van der Waals surface area contributed by atoms with E-state index >= 15 is 0 Å². The third-order valence-corrected chi connectivity index (χ3v) is 6.71. The van der Waals surface area contributed by atoms with Gasteiger partial charge in [-0.15, -0.1) is 0 Å². The van der Waals surface area contributed by atoms with Crippen molar-refractivity contribution in [2.45, 2.75) is 11.4 Å². The number of rotatable bonds is 6. The van der Waals surface area contributed by atoms with Crippen molar-refractivity contribution in [2.24, 2.45) is 0 Å². The van der Waals surface area contributed by atoms with Crippen LogP contribution in [-0.2, 0) is 21.2 Å². The molecule has 6 nitrogen and oxygen atoms in total. The van der Waals surface area contributed by atoms with Gasteiger partial charge in [0, 0.05) is 49.6 Å². The Bertz CT molecular complexity index is 1020. The fourth-order valence-corrected chi connectivity index (χ4v) is 4.27. The molecule has 0 bridgehead atoms. The first-order valence-electron chi connectivity index (χ1n) is 9.30. The highest BCUT2D eigenvalue weighted by atomic mass is 35.5. The number of carbonyl (C=O) groups excluding carboxylic acids is 1. The Morgan fingerprint density at radius 2 is 1.73 bits per heavy atom. The van der Waals surface area contributed by atoms with Gasteiger partial charge in [0.25, 0.3) is 0 Å². The molecule has 3 rings (SSSR count). The SMILES string of the molecule is CS(=O)(=O)c1ccc(Cl)c(NC(=O)CN2CCN(Cc3c(F)cccc3Cl)CC2)c1. The van der Waals surface area contributed by atoms with Crippen molar-refractivity contribution < 1.29 is 17.6 Å². The molecule has 0 spiro atoms. The summed E-state index contributed by atoms with van der Waals surface area (Å²) in [5.41, 5.74) is 0.739. The van der Waals surface area contributed by atoms with E-state index in [1.165, 1.54) is 24.3 Å². The summed E-state index contributed by atoms with van der Waals surface area (Å²) in [5, 5.41) is 3.35. The zero-order valence-corrected chi connectivity index (χ0v) is 18.7. The Kier molecular flexibility index (Phi) is 7.36. The van der Waals surface area contributed by atoms with Crippen LogP contribution in [0.2, 0.25) is 10.0 Å². The van der Waals surface area contributed by atoms with Gasteiger partial charge < -0.3 is 5.32 Å². The molecular formula is C20H22Cl2FN3O3S. The smallest absolute Gasteiger partial charge is 0.238 e. The summed E-state index contributed by atoms with van der Waals surface area (Å²) in [6.45, 7) is 3.17. The van der Waals surface area contributed by atoms with Gasteiger partial charge in [-0.3, -0.25) is 14.6 Å². The number of nitrogens with zero attached hydrogens (tertiary/aromatic N) is 2. The standard InChI is InChI=1S/C20H22Cl2FN3O3S/c1-30(28,29)14-5-6-17(22)19(11-14)24-20(27)13-26-9-7-25(8-10-26)12-15-16(21)3-2-4-18(15)23/h2-6,11H,7-10,12-13H2,1H3,(H,24,27). The lowest BCUT2D eigenvalue weighted by Crippen LogP contribution is -2.48. The van der Waals surface area contributed by atoms with Crippen LogP contribution in [0.4, 0.5) is 10.1 Å². The second kappa shape index (κ2) is 9.62. The van der Waals surface area contributed by atoms with Gasteiger partial charge in [-0.25, -0.2) is 12.8 Å². The van der Waals surface area contributed by atoms with Crippen molar-refractivity contribution in [1.29, 1.82) is 0 Å². The molecule has 1 aliphatic rings. The fourth-order valence-electron chi connectivity index (χ4n) is 3.24. The molecule has 2 aromatic rings. The van der Waals surface area contributed by atoms with Crippen molar-refractivity contribution in [3.8, 4) is 0 Å². The van der Waals surface area contributed by atoms with Crippen LogP contribution in [-0.4, -0.2) is 63.1 Å². The molecule has 0 aromatic heterocycles. The Morgan fingerprint density at radius 1 is 1.07 bits per heavy atom. The van der Waals surface area contributed by atoms with Gasteiger partial charge in [-0.05, 0) is 30.3 Å². The van der Waals surface area contributed by atoms with Crippen LogP contribution >= 0.6 is 23.2 Å². The van der Waals surface area contributed by atoms with Crippen LogP contribution in [0.15, 0.2) is 41.3 Å². The van der Waals surface area contributed by atoms with Gasteiger partial charge in [0.05, 0.1) is 22.2 Å². The van der Waals surface area contributed by atoms with E-state index in [0.717, 1.165) is 6.26 Å². The lowest BCUT2D eigenvalue weighted by molar-refractivity contribution is -0.117. The van der Waals surface area contributed by atoms with Crippen LogP contribution in [0.3, 0.4) is 0 Å². The average Bonchev–Trinajstić information content (AvgIpc) is 2.67. The molecule has 1 heterocycles. The predicted molar refractivity (Wildman–Crippen MR) is 116 cm³/mol. The predicted octanol–water partition coefficient (Wildman–Crippen LogP) is 3.29. The van der Waals surface area contributed by atoms with Crippen molar-refractivity contribution in [1.82, 2.24) is 9.80 Å². The molecule has 10 heteroatoms. The van der Waals surface area contributed by atoms with Crippen LogP contribution in [0.5, 0.6) is 0 Å². The molecule has 0 aliphatic carbocycles. The van der Waals surface area contributed by atoms with E-state index in [-0.39, 0.29) is 33.9 Å². The summed E-state index contributed by atoms with van der Waals surface area (Å²) in [6.07, 6.45) is 1.09. The maximum Gasteiger partial charge on any atom is 0.238 e. The lowest BCUT2D eigenvalue weighted by Gasteiger charge is -2.34. The first kappa shape index (κ1) is 23.0. The summed E-state index contributed by atoms with van der Waals surface area (Å²) in [7, 11) is -3.41. The lowest BCUT2D eigenvalue weighted by atomic mass is 10.2. The minimum Gasteiger partial charge on any atom is -0.324 e. The summed E-state index contributed by atoms with van der Waals surface area (Å²) in [4.78, 5) is 16.6. The molecular weight excluding hydrogens is 452 g/mol. The van der Waals surface area contributed by atoms with E-state index < -0.39 is 9.84 Å². The molecule has 1 N–H and O–H groups in total. The summed E-state index contributed by atoms with van der Waals surface area (Å²) in [6, 6.07) is 8.84. The molecule has 30 heavy (non-hydrogen) atoms. The maximum absolute atomic E-state index is 14.0. The first-order valence-corrected chi connectivity index (χ1v) is 12.0. The Labute approximate surface area is 185 Å². The number of hydrogen-bond donors (Lipinski definition) is 1. The molecule has 0 radical (unpaired) electrons. The Hall–Kier alpha value is -1.71. The minimum atomic E-state index is -3.41. The van der Waals surface area contributed by atoms with Crippen molar-refractivity contribution >= 4 is 44.6 Å². The number of benzene rings is 2. The highest BCUT2D eigenvalue weighted by molar-refractivity contribution is 7.90. The second-order valence-corrected chi connectivity index (χ2v) is 10.0. The topological polar surface area (TPSA) is 69.7 Å². The third kappa shape index (κ3) is 5.92. The number of nitrogens with one attached hydrogen (secondary N) is 1. The number of sulfone groups is 1. The van der Waals surface area contributed by atoms with E-state index in [4.69, 9.17) is 23.2 Å².